The highest BCUT2D eigenvalue weighted by atomic mass is 16.5. The van der Waals surface area contributed by atoms with Crippen molar-refractivity contribution in [2.45, 2.75) is 24.8 Å². The molecule has 6 heteroatoms. The maximum atomic E-state index is 11.2. The second kappa shape index (κ2) is 8.58. The van der Waals surface area contributed by atoms with E-state index in [1.165, 1.54) is 25.5 Å². The average Bonchev–Trinajstić information content (AvgIpc) is 3.51. The summed E-state index contributed by atoms with van der Waals surface area (Å²) in [4.78, 5) is 15.5. The molecule has 0 radical (unpaired) electrons. The zero-order valence-electron chi connectivity index (χ0n) is 15.8. The van der Waals surface area contributed by atoms with Crippen molar-refractivity contribution < 1.29 is 9.53 Å². The van der Waals surface area contributed by atoms with Gasteiger partial charge in [-0.25, -0.2) is 4.79 Å². The van der Waals surface area contributed by atoms with E-state index >= 15 is 0 Å². The molecule has 0 aliphatic heterocycles. The van der Waals surface area contributed by atoms with Crippen LogP contribution in [0.3, 0.4) is 0 Å². The highest BCUT2D eigenvalue weighted by molar-refractivity contribution is 5.84. The lowest BCUT2D eigenvalue weighted by Crippen LogP contribution is -2.40. The fourth-order valence-electron chi connectivity index (χ4n) is 3.04. The van der Waals surface area contributed by atoms with Crippen LogP contribution in [-0.4, -0.2) is 32.8 Å². The van der Waals surface area contributed by atoms with Crippen molar-refractivity contribution in [3.05, 3.63) is 65.7 Å². The molecular formula is C21H26N4O2. The quantitative estimate of drug-likeness (QED) is 0.542. The lowest BCUT2D eigenvalue weighted by atomic mass is 9.96. The number of rotatable bonds is 6. The van der Waals surface area contributed by atoms with Crippen LogP contribution in [-0.2, 0) is 16.7 Å². The van der Waals surface area contributed by atoms with E-state index in [0.29, 0.717) is 12.2 Å². The number of carbonyl (C=O) groups is 1. The van der Waals surface area contributed by atoms with Crippen LogP contribution in [0.25, 0.3) is 0 Å². The summed E-state index contributed by atoms with van der Waals surface area (Å²) < 4.78 is 4.58. The molecule has 0 spiro atoms. The molecular weight excluding hydrogens is 340 g/mol. The van der Waals surface area contributed by atoms with E-state index in [-0.39, 0.29) is 5.41 Å². The van der Waals surface area contributed by atoms with Gasteiger partial charge in [0.15, 0.2) is 5.96 Å². The van der Waals surface area contributed by atoms with Gasteiger partial charge < -0.3 is 15.4 Å². The van der Waals surface area contributed by atoms with Crippen LogP contribution in [0.15, 0.2) is 59.6 Å². The second-order valence-electron chi connectivity index (χ2n) is 6.74. The number of methoxy groups -OCH3 is 1. The first-order chi connectivity index (χ1) is 13.1. The van der Waals surface area contributed by atoms with Crippen LogP contribution in [0.2, 0.25) is 0 Å². The number of ether oxygens (including phenoxy) is 1. The topological polar surface area (TPSA) is 74.8 Å². The van der Waals surface area contributed by atoms with Gasteiger partial charge in [0.25, 0.3) is 0 Å². The molecule has 0 unspecified atom stereocenters. The molecule has 3 N–H and O–H groups in total. The molecule has 2 aromatic rings. The number of guanidine groups is 1. The number of hydrogen-bond acceptors (Lipinski definition) is 3. The minimum atomic E-state index is -0.474. The third-order valence-electron chi connectivity index (χ3n) is 4.90. The van der Waals surface area contributed by atoms with Crippen LogP contribution in [0.5, 0.6) is 0 Å². The third-order valence-corrected chi connectivity index (χ3v) is 4.90. The van der Waals surface area contributed by atoms with E-state index in [9.17, 15) is 4.79 Å². The molecule has 142 valence electrons. The Morgan fingerprint density at radius 2 is 1.78 bits per heavy atom. The first-order valence-corrected chi connectivity index (χ1v) is 9.09. The van der Waals surface area contributed by atoms with E-state index in [0.717, 1.165) is 18.1 Å². The van der Waals surface area contributed by atoms with Crippen LogP contribution < -0.4 is 16.0 Å². The Morgan fingerprint density at radius 1 is 1.07 bits per heavy atom. The van der Waals surface area contributed by atoms with Gasteiger partial charge in [-0.1, -0.05) is 42.5 Å². The SMILES string of the molecule is CN=C(NCc1ccc(NC(=O)OC)cc1)NCC1(c2ccccc2)CC1. The number of amides is 1. The predicted molar refractivity (Wildman–Crippen MR) is 108 cm³/mol. The predicted octanol–water partition coefficient (Wildman–Crippen LogP) is 3.26. The van der Waals surface area contributed by atoms with Gasteiger partial charge in [0, 0.05) is 31.2 Å². The molecule has 2 aromatic carbocycles. The van der Waals surface area contributed by atoms with Crippen LogP contribution in [0, 0.1) is 0 Å². The van der Waals surface area contributed by atoms with Gasteiger partial charge in [0.2, 0.25) is 0 Å². The van der Waals surface area contributed by atoms with Gasteiger partial charge in [0.05, 0.1) is 7.11 Å². The minimum Gasteiger partial charge on any atom is -0.453 e. The number of benzene rings is 2. The van der Waals surface area contributed by atoms with Crippen molar-refractivity contribution in [2.75, 3.05) is 26.0 Å². The van der Waals surface area contributed by atoms with Crippen molar-refractivity contribution in [1.29, 1.82) is 0 Å². The molecule has 0 aromatic heterocycles. The molecule has 3 rings (SSSR count). The number of anilines is 1. The highest BCUT2D eigenvalue weighted by Crippen LogP contribution is 2.47. The van der Waals surface area contributed by atoms with Crippen LogP contribution in [0.4, 0.5) is 10.5 Å². The minimum absolute atomic E-state index is 0.236. The zero-order chi connectivity index (χ0) is 19.1. The summed E-state index contributed by atoms with van der Waals surface area (Å²) in [5.74, 6) is 0.786. The van der Waals surface area contributed by atoms with Crippen LogP contribution >= 0.6 is 0 Å². The summed E-state index contributed by atoms with van der Waals surface area (Å²) in [6, 6.07) is 18.3. The van der Waals surface area contributed by atoms with E-state index in [2.05, 4.69) is 56.0 Å². The molecule has 1 fully saturated rings. The van der Waals surface area contributed by atoms with Crippen molar-refractivity contribution in [2.24, 2.45) is 4.99 Å². The van der Waals surface area contributed by atoms with Gasteiger partial charge >= 0.3 is 6.09 Å². The third kappa shape index (κ3) is 5.00. The Labute approximate surface area is 160 Å². The summed E-state index contributed by atoms with van der Waals surface area (Å²) in [5.41, 5.74) is 3.42. The standard InChI is InChI=1S/C21H26N4O2/c1-22-19(24-15-21(12-13-21)17-6-4-3-5-7-17)23-14-16-8-10-18(11-9-16)25-20(26)27-2/h3-11H,12-15H2,1-2H3,(H,25,26)(H2,22,23,24). The van der Waals surface area contributed by atoms with Crippen molar-refractivity contribution in [3.63, 3.8) is 0 Å². The Hall–Kier alpha value is -3.02. The molecule has 6 nitrogen and oxygen atoms in total. The number of nitrogens with one attached hydrogen (secondary N) is 3. The summed E-state index contributed by atoms with van der Waals surface area (Å²) in [6.07, 6.45) is 1.93. The Morgan fingerprint density at radius 3 is 2.37 bits per heavy atom. The molecule has 1 amide bonds. The van der Waals surface area contributed by atoms with Gasteiger partial charge in [0.1, 0.15) is 0 Å². The molecule has 0 bridgehead atoms. The number of nitrogens with zero attached hydrogens (tertiary/aromatic N) is 1. The Kier molecular flexibility index (Phi) is 5.96. The molecule has 27 heavy (non-hydrogen) atoms. The monoisotopic (exact) mass is 366 g/mol. The summed E-state index contributed by atoms with van der Waals surface area (Å²) in [7, 11) is 3.12. The lowest BCUT2D eigenvalue weighted by Gasteiger charge is -2.19. The fourth-order valence-corrected chi connectivity index (χ4v) is 3.04. The number of carbonyl (C=O) groups excluding carboxylic acids is 1. The van der Waals surface area contributed by atoms with E-state index < -0.39 is 6.09 Å². The first-order valence-electron chi connectivity index (χ1n) is 9.09. The summed E-state index contributed by atoms with van der Waals surface area (Å²) in [6.45, 7) is 1.52. The smallest absolute Gasteiger partial charge is 0.411 e. The normalized spacial score (nSPS) is 15.0. The maximum Gasteiger partial charge on any atom is 0.411 e. The molecule has 0 atom stereocenters. The highest BCUT2D eigenvalue weighted by Gasteiger charge is 2.43. The number of aliphatic imine (C=N–C) groups is 1. The lowest BCUT2D eigenvalue weighted by molar-refractivity contribution is 0.187. The maximum absolute atomic E-state index is 11.2. The molecule has 0 heterocycles. The van der Waals surface area contributed by atoms with Gasteiger partial charge in [-0.3, -0.25) is 10.3 Å². The fraction of sp³-hybridized carbons (Fsp3) is 0.333. The Balaban J connectivity index is 1.49. The molecule has 0 saturated heterocycles. The van der Waals surface area contributed by atoms with E-state index in [4.69, 9.17) is 0 Å². The van der Waals surface area contributed by atoms with Crippen molar-refractivity contribution >= 4 is 17.7 Å². The summed E-state index contributed by atoms with van der Waals surface area (Å²) in [5, 5.41) is 9.42. The second-order valence-corrected chi connectivity index (χ2v) is 6.74. The van der Waals surface area contributed by atoms with E-state index in [1.807, 2.05) is 24.3 Å². The molecule has 1 saturated carbocycles. The largest absolute Gasteiger partial charge is 0.453 e. The van der Waals surface area contributed by atoms with Crippen molar-refractivity contribution in [3.8, 4) is 0 Å². The average molecular weight is 366 g/mol. The summed E-state index contributed by atoms with van der Waals surface area (Å²) >= 11 is 0. The van der Waals surface area contributed by atoms with Crippen LogP contribution in [0.1, 0.15) is 24.0 Å². The molecule has 1 aliphatic rings. The van der Waals surface area contributed by atoms with Gasteiger partial charge in [-0.05, 0) is 36.1 Å². The van der Waals surface area contributed by atoms with Crippen molar-refractivity contribution in [1.82, 2.24) is 10.6 Å². The zero-order valence-corrected chi connectivity index (χ0v) is 15.8. The molecule has 1 aliphatic carbocycles. The Bertz CT molecular complexity index is 784. The first kappa shape index (κ1) is 18.8. The van der Waals surface area contributed by atoms with E-state index in [1.54, 1.807) is 7.05 Å². The van der Waals surface area contributed by atoms with Gasteiger partial charge in [-0.15, -0.1) is 0 Å². The van der Waals surface area contributed by atoms with Gasteiger partial charge in [-0.2, -0.15) is 0 Å². The number of hydrogen-bond donors (Lipinski definition) is 3.